The molecule has 1 aromatic heterocycles. The molecule has 0 amide bonds. The Kier molecular flexibility index (Phi) is 3.97. The van der Waals surface area contributed by atoms with Crippen LogP contribution in [0.25, 0.3) is 0 Å². The van der Waals surface area contributed by atoms with Crippen molar-refractivity contribution < 1.29 is 18.3 Å². The highest BCUT2D eigenvalue weighted by molar-refractivity contribution is 7.92. The van der Waals surface area contributed by atoms with Crippen molar-refractivity contribution in [3.8, 4) is 0 Å². The zero-order chi connectivity index (χ0) is 15.8. The number of aryl methyl sites for hydroxylation is 2. The van der Waals surface area contributed by atoms with Crippen molar-refractivity contribution in [1.82, 2.24) is 4.57 Å². The van der Waals surface area contributed by atoms with E-state index in [-0.39, 0.29) is 10.6 Å². The summed E-state index contributed by atoms with van der Waals surface area (Å²) in [7, 11) is -2.41. The molecule has 0 aliphatic carbocycles. The molecule has 2 aromatic rings. The number of sulfonamides is 1. The minimum Gasteiger partial charge on any atom is -0.477 e. The predicted octanol–water partition coefficient (Wildman–Crippen LogP) is 2.49. The number of hydrogen-bond acceptors (Lipinski definition) is 3. The summed E-state index contributed by atoms with van der Waals surface area (Å²) in [4.78, 5) is 10.8. The summed E-state index contributed by atoms with van der Waals surface area (Å²) in [6.45, 7) is 1.80. The molecule has 1 aromatic carbocycles. The van der Waals surface area contributed by atoms with Gasteiger partial charge in [-0.05, 0) is 30.7 Å². The molecule has 112 valence electrons. The molecule has 21 heavy (non-hydrogen) atoms. The number of anilines is 1. The Bertz CT molecular complexity index is 812. The normalized spacial score (nSPS) is 11.4. The van der Waals surface area contributed by atoms with Gasteiger partial charge in [-0.25, -0.2) is 13.2 Å². The van der Waals surface area contributed by atoms with Gasteiger partial charge in [0.15, 0.2) is 0 Å². The molecule has 1 heterocycles. The van der Waals surface area contributed by atoms with Gasteiger partial charge in [-0.15, -0.1) is 0 Å². The van der Waals surface area contributed by atoms with E-state index in [4.69, 9.17) is 16.7 Å². The molecular weight excluding hydrogens is 316 g/mol. The summed E-state index contributed by atoms with van der Waals surface area (Å²) >= 11 is 5.94. The molecule has 2 N–H and O–H groups in total. The van der Waals surface area contributed by atoms with Crippen LogP contribution in [0.1, 0.15) is 16.1 Å². The largest absolute Gasteiger partial charge is 0.477 e. The van der Waals surface area contributed by atoms with E-state index in [1.807, 2.05) is 0 Å². The van der Waals surface area contributed by atoms with Gasteiger partial charge in [0, 0.05) is 18.3 Å². The van der Waals surface area contributed by atoms with E-state index in [1.165, 1.54) is 23.9 Å². The lowest BCUT2D eigenvalue weighted by Gasteiger charge is -2.07. The maximum absolute atomic E-state index is 12.2. The summed E-state index contributed by atoms with van der Waals surface area (Å²) < 4.78 is 28.0. The zero-order valence-corrected chi connectivity index (χ0v) is 12.9. The lowest BCUT2D eigenvalue weighted by molar-refractivity contribution is 0.0686. The van der Waals surface area contributed by atoms with Crippen LogP contribution in [0, 0.1) is 6.92 Å². The molecule has 0 atom stereocenters. The van der Waals surface area contributed by atoms with Crippen LogP contribution in [0.4, 0.5) is 5.69 Å². The molecule has 0 saturated carbocycles. The standard InChI is InChI=1S/C13H13ClN2O4S/c1-8-3-4-9(5-11(8)14)15-21(19,20)10-6-12(13(17)18)16(2)7-10/h3-7,15H,1-2H3,(H,17,18). The van der Waals surface area contributed by atoms with Gasteiger partial charge in [0.1, 0.15) is 10.6 Å². The van der Waals surface area contributed by atoms with Crippen molar-refractivity contribution in [3.05, 3.63) is 46.7 Å². The summed E-state index contributed by atoms with van der Waals surface area (Å²) in [5.41, 5.74) is 1.02. The fourth-order valence-corrected chi connectivity index (χ4v) is 3.06. The second-order valence-electron chi connectivity index (χ2n) is 4.55. The number of hydrogen-bond donors (Lipinski definition) is 2. The second-order valence-corrected chi connectivity index (χ2v) is 6.64. The Morgan fingerprint density at radius 1 is 1.33 bits per heavy atom. The van der Waals surface area contributed by atoms with E-state index in [0.29, 0.717) is 10.7 Å². The first-order valence-electron chi connectivity index (χ1n) is 5.89. The van der Waals surface area contributed by atoms with E-state index in [0.717, 1.165) is 11.6 Å². The molecule has 2 rings (SSSR count). The highest BCUT2D eigenvalue weighted by atomic mass is 35.5. The number of carbonyl (C=O) groups is 1. The summed E-state index contributed by atoms with van der Waals surface area (Å²) in [5, 5.41) is 9.39. The molecule has 6 nitrogen and oxygen atoms in total. The van der Waals surface area contributed by atoms with Crippen molar-refractivity contribution >= 4 is 33.3 Å². The third-order valence-corrected chi connectivity index (χ3v) is 4.69. The van der Waals surface area contributed by atoms with Crippen molar-refractivity contribution in [1.29, 1.82) is 0 Å². The highest BCUT2D eigenvalue weighted by Crippen LogP contribution is 2.23. The number of aromatic carboxylic acids is 1. The summed E-state index contributed by atoms with van der Waals surface area (Å²) in [6, 6.07) is 5.86. The van der Waals surface area contributed by atoms with Gasteiger partial charge in [-0.2, -0.15) is 0 Å². The first-order valence-corrected chi connectivity index (χ1v) is 7.75. The molecule has 0 saturated heterocycles. The zero-order valence-electron chi connectivity index (χ0n) is 11.3. The first kappa shape index (κ1) is 15.4. The van der Waals surface area contributed by atoms with E-state index in [2.05, 4.69) is 4.72 Å². The smallest absolute Gasteiger partial charge is 0.352 e. The monoisotopic (exact) mass is 328 g/mol. The predicted molar refractivity (Wildman–Crippen MR) is 79.4 cm³/mol. The van der Waals surface area contributed by atoms with Crippen LogP contribution in [0.2, 0.25) is 5.02 Å². The number of carboxylic acids is 1. The number of rotatable bonds is 4. The molecule has 0 unspecified atom stereocenters. The molecule has 0 aliphatic heterocycles. The number of aromatic nitrogens is 1. The lowest BCUT2D eigenvalue weighted by Crippen LogP contribution is -2.12. The average molecular weight is 329 g/mol. The van der Waals surface area contributed by atoms with Gasteiger partial charge in [-0.1, -0.05) is 17.7 Å². The molecule has 8 heteroatoms. The summed E-state index contributed by atoms with van der Waals surface area (Å²) in [6.07, 6.45) is 1.24. The molecular formula is C13H13ClN2O4S. The number of benzene rings is 1. The van der Waals surface area contributed by atoms with Crippen molar-refractivity contribution in [3.63, 3.8) is 0 Å². The van der Waals surface area contributed by atoms with Gasteiger partial charge in [0.25, 0.3) is 10.0 Å². The van der Waals surface area contributed by atoms with E-state index >= 15 is 0 Å². The Labute approximate surface area is 127 Å². The number of nitrogens with zero attached hydrogens (tertiary/aromatic N) is 1. The highest BCUT2D eigenvalue weighted by Gasteiger charge is 2.20. The van der Waals surface area contributed by atoms with Gasteiger partial charge in [-0.3, -0.25) is 4.72 Å². The van der Waals surface area contributed by atoms with Crippen molar-refractivity contribution in [2.24, 2.45) is 7.05 Å². The molecule has 0 spiro atoms. The first-order chi connectivity index (χ1) is 9.70. The minimum absolute atomic E-state index is 0.114. The fraction of sp³-hybridized carbons (Fsp3) is 0.154. The Morgan fingerprint density at radius 3 is 2.52 bits per heavy atom. The maximum Gasteiger partial charge on any atom is 0.352 e. The van der Waals surface area contributed by atoms with Crippen LogP contribution < -0.4 is 4.72 Å². The van der Waals surface area contributed by atoms with Gasteiger partial charge >= 0.3 is 5.97 Å². The topological polar surface area (TPSA) is 88.4 Å². The van der Waals surface area contributed by atoms with Crippen LogP contribution in [0.5, 0.6) is 0 Å². The van der Waals surface area contributed by atoms with Crippen LogP contribution in [0.3, 0.4) is 0 Å². The Morgan fingerprint density at radius 2 is 2.00 bits per heavy atom. The average Bonchev–Trinajstić information content (AvgIpc) is 2.77. The van der Waals surface area contributed by atoms with Gasteiger partial charge < -0.3 is 9.67 Å². The molecule has 0 bridgehead atoms. The SMILES string of the molecule is Cc1ccc(NS(=O)(=O)c2cc(C(=O)O)n(C)c2)cc1Cl. The van der Waals surface area contributed by atoms with Crippen LogP contribution in [-0.4, -0.2) is 24.1 Å². The van der Waals surface area contributed by atoms with Gasteiger partial charge in [0.05, 0.1) is 5.69 Å². The number of carboxylic acid groups (broad SMARTS) is 1. The third-order valence-electron chi connectivity index (χ3n) is 2.93. The number of halogens is 1. The molecule has 0 fully saturated rings. The molecule has 0 aliphatic rings. The van der Waals surface area contributed by atoms with Crippen LogP contribution in [-0.2, 0) is 17.1 Å². The molecule has 0 radical (unpaired) electrons. The van der Waals surface area contributed by atoms with E-state index in [1.54, 1.807) is 19.1 Å². The second kappa shape index (κ2) is 5.42. The minimum atomic E-state index is -3.87. The van der Waals surface area contributed by atoms with Gasteiger partial charge in [0.2, 0.25) is 0 Å². The maximum atomic E-state index is 12.2. The quantitative estimate of drug-likeness (QED) is 0.902. The lowest BCUT2D eigenvalue weighted by atomic mass is 10.2. The number of nitrogens with one attached hydrogen (secondary N) is 1. The van der Waals surface area contributed by atoms with Crippen LogP contribution >= 0.6 is 11.6 Å². The van der Waals surface area contributed by atoms with Crippen molar-refractivity contribution in [2.45, 2.75) is 11.8 Å². The van der Waals surface area contributed by atoms with E-state index in [9.17, 15) is 13.2 Å². The van der Waals surface area contributed by atoms with Crippen LogP contribution in [0.15, 0.2) is 35.4 Å². The summed E-state index contributed by atoms with van der Waals surface area (Å²) in [5.74, 6) is -1.20. The Hall–Kier alpha value is -1.99. The fourth-order valence-electron chi connectivity index (χ4n) is 1.76. The van der Waals surface area contributed by atoms with E-state index < -0.39 is 16.0 Å². The van der Waals surface area contributed by atoms with Crippen molar-refractivity contribution in [2.75, 3.05) is 4.72 Å². The third kappa shape index (κ3) is 3.20. The Balaban J connectivity index is 2.36.